The summed E-state index contributed by atoms with van der Waals surface area (Å²) in [4.78, 5) is 2.53. The molecule has 3 rings (SSSR count). The number of nitrogens with zero attached hydrogens (tertiary/aromatic N) is 2. The summed E-state index contributed by atoms with van der Waals surface area (Å²) in [6, 6.07) is 6.43. The molecule has 0 radical (unpaired) electrons. The molecule has 0 spiro atoms. The highest BCUT2D eigenvalue weighted by atomic mass is 16.5. The summed E-state index contributed by atoms with van der Waals surface area (Å²) >= 11 is 0. The maximum Gasteiger partial charge on any atom is 0.122 e. The molecule has 1 aliphatic heterocycles. The van der Waals surface area contributed by atoms with Gasteiger partial charge in [0.2, 0.25) is 0 Å². The lowest BCUT2D eigenvalue weighted by atomic mass is 10.1. The molecule has 2 aromatic rings. The first kappa shape index (κ1) is 13.5. The quantitative estimate of drug-likeness (QED) is 0.918. The Morgan fingerprint density at radius 3 is 2.75 bits per heavy atom. The summed E-state index contributed by atoms with van der Waals surface area (Å²) in [7, 11) is 3.85. The third-order valence-electron chi connectivity index (χ3n) is 4.24. The molecule has 0 bridgehead atoms. The van der Waals surface area contributed by atoms with Crippen LogP contribution in [-0.4, -0.2) is 49.3 Å². The molecule has 4 nitrogen and oxygen atoms in total. The number of nitrogens with one attached hydrogen (secondary N) is 1. The standard InChI is InChI=1S/C16H23N3O/c1-18-9-5-13-14(16(20-2)4-3-15(13)18)6-10-19-11-7-17-8-12-19/h3-5,9,17H,6-8,10-12H2,1-2H3. The van der Waals surface area contributed by atoms with E-state index in [9.17, 15) is 0 Å². The second-order valence-electron chi connectivity index (χ2n) is 5.45. The molecule has 1 aliphatic rings. The van der Waals surface area contributed by atoms with E-state index < -0.39 is 0 Å². The van der Waals surface area contributed by atoms with Crippen molar-refractivity contribution in [1.29, 1.82) is 0 Å². The molecule has 1 aromatic carbocycles. The Bertz CT molecular complexity index is 585. The molecule has 20 heavy (non-hydrogen) atoms. The zero-order chi connectivity index (χ0) is 13.9. The van der Waals surface area contributed by atoms with Gasteiger partial charge in [-0.1, -0.05) is 0 Å². The fourth-order valence-corrected chi connectivity index (χ4v) is 3.05. The topological polar surface area (TPSA) is 29.4 Å². The van der Waals surface area contributed by atoms with Crippen molar-refractivity contribution in [1.82, 2.24) is 14.8 Å². The van der Waals surface area contributed by atoms with E-state index in [0.29, 0.717) is 0 Å². The van der Waals surface area contributed by atoms with E-state index in [-0.39, 0.29) is 0 Å². The van der Waals surface area contributed by atoms with E-state index in [1.807, 2.05) is 0 Å². The Morgan fingerprint density at radius 1 is 1.20 bits per heavy atom. The van der Waals surface area contributed by atoms with Crippen molar-refractivity contribution in [3.63, 3.8) is 0 Å². The van der Waals surface area contributed by atoms with Gasteiger partial charge in [0, 0.05) is 62.4 Å². The van der Waals surface area contributed by atoms with Crippen LogP contribution in [0.4, 0.5) is 0 Å². The molecule has 1 N–H and O–H groups in total. The molecule has 0 aliphatic carbocycles. The highest BCUT2D eigenvalue weighted by molar-refractivity contribution is 5.86. The zero-order valence-electron chi connectivity index (χ0n) is 12.4. The maximum atomic E-state index is 5.56. The number of methoxy groups -OCH3 is 1. The minimum Gasteiger partial charge on any atom is -0.496 e. The number of aryl methyl sites for hydroxylation is 1. The second kappa shape index (κ2) is 5.85. The number of hydrogen-bond donors (Lipinski definition) is 1. The molecule has 0 amide bonds. The van der Waals surface area contributed by atoms with Gasteiger partial charge in [0.25, 0.3) is 0 Å². The fraction of sp³-hybridized carbons (Fsp3) is 0.500. The highest BCUT2D eigenvalue weighted by Gasteiger charge is 2.14. The van der Waals surface area contributed by atoms with Gasteiger partial charge in [-0.25, -0.2) is 0 Å². The average Bonchev–Trinajstić information content (AvgIpc) is 2.87. The van der Waals surface area contributed by atoms with Gasteiger partial charge in [0.15, 0.2) is 0 Å². The Kier molecular flexibility index (Phi) is 3.94. The average molecular weight is 273 g/mol. The Morgan fingerprint density at radius 2 is 2.00 bits per heavy atom. The van der Waals surface area contributed by atoms with E-state index in [2.05, 4.69) is 46.2 Å². The van der Waals surface area contributed by atoms with Crippen molar-refractivity contribution in [3.8, 4) is 5.75 Å². The van der Waals surface area contributed by atoms with Crippen LogP contribution in [0.3, 0.4) is 0 Å². The van der Waals surface area contributed by atoms with Crippen LogP contribution in [0.2, 0.25) is 0 Å². The summed E-state index contributed by atoms with van der Waals surface area (Å²) < 4.78 is 7.73. The minimum absolute atomic E-state index is 1.01. The van der Waals surface area contributed by atoms with Crippen LogP contribution in [0.5, 0.6) is 5.75 Å². The smallest absolute Gasteiger partial charge is 0.122 e. The summed E-state index contributed by atoms with van der Waals surface area (Å²) in [5.74, 6) is 1.01. The summed E-state index contributed by atoms with van der Waals surface area (Å²) in [6.07, 6.45) is 3.17. The number of ether oxygens (including phenoxy) is 1. The maximum absolute atomic E-state index is 5.56. The van der Waals surface area contributed by atoms with Gasteiger partial charge in [0.1, 0.15) is 5.75 Å². The van der Waals surface area contributed by atoms with Crippen LogP contribution in [-0.2, 0) is 13.5 Å². The lowest BCUT2D eigenvalue weighted by Crippen LogP contribution is -2.44. The van der Waals surface area contributed by atoms with Crippen LogP contribution < -0.4 is 10.1 Å². The monoisotopic (exact) mass is 273 g/mol. The first-order chi connectivity index (χ1) is 9.79. The number of piperazine rings is 1. The third kappa shape index (κ3) is 2.53. The Balaban J connectivity index is 1.84. The molecular weight excluding hydrogens is 250 g/mol. The number of aromatic nitrogens is 1. The van der Waals surface area contributed by atoms with Crippen molar-refractivity contribution in [2.24, 2.45) is 7.05 Å². The minimum atomic E-state index is 1.01. The van der Waals surface area contributed by atoms with Gasteiger partial charge in [0.05, 0.1) is 7.11 Å². The molecule has 1 fully saturated rings. The fourth-order valence-electron chi connectivity index (χ4n) is 3.05. The van der Waals surface area contributed by atoms with Crippen molar-refractivity contribution in [2.75, 3.05) is 39.8 Å². The second-order valence-corrected chi connectivity index (χ2v) is 5.45. The summed E-state index contributed by atoms with van der Waals surface area (Å²) in [5, 5.41) is 4.72. The lowest BCUT2D eigenvalue weighted by Gasteiger charge is -2.27. The molecule has 1 aromatic heterocycles. The Hall–Kier alpha value is -1.52. The molecule has 4 heteroatoms. The molecule has 0 atom stereocenters. The molecule has 108 valence electrons. The normalized spacial score (nSPS) is 16.7. The van der Waals surface area contributed by atoms with E-state index in [1.165, 1.54) is 16.5 Å². The molecular formula is C16H23N3O. The van der Waals surface area contributed by atoms with E-state index in [0.717, 1.165) is 44.9 Å². The highest BCUT2D eigenvalue weighted by Crippen LogP contribution is 2.29. The Labute approximate surface area is 120 Å². The first-order valence-corrected chi connectivity index (χ1v) is 7.33. The van der Waals surface area contributed by atoms with Crippen LogP contribution >= 0.6 is 0 Å². The van der Waals surface area contributed by atoms with Gasteiger partial charge in [-0.15, -0.1) is 0 Å². The number of fused-ring (bicyclic) bond motifs is 1. The molecule has 2 heterocycles. The largest absolute Gasteiger partial charge is 0.496 e. The van der Waals surface area contributed by atoms with E-state index >= 15 is 0 Å². The van der Waals surface area contributed by atoms with Crippen LogP contribution in [0.1, 0.15) is 5.56 Å². The number of benzene rings is 1. The zero-order valence-corrected chi connectivity index (χ0v) is 12.4. The summed E-state index contributed by atoms with van der Waals surface area (Å²) in [5.41, 5.74) is 2.62. The van der Waals surface area contributed by atoms with Crippen LogP contribution in [0.25, 0.3) is 10.9 Å². The molecule has 0 saturated carbocycles. The third-order valence-corrected chi connectivity index (χ3v) is 4.24. The van der Waals surface area contributed by atoms with Crippen molar-refractivity contribution in [3.05, 3.63) is 30.0 Å². The lowest BCUT2D eigenvalue weighted by molar-refractivity contribution is 0.243. The summed E-state index contributed by atoms with van der Waals surface area (Å²) in [6.45, 7) is 5.60. The van der Waals surface area contributed by atoms with Gasteiger partial charge >= 0.3 is 0 Å². The van der Waals surface area contributed by atoms with Crippen molar-refractivity contribution >= 4 is 10.9 Å². The number of hydrogen-bond acceptors (Lipinski definition) is 3. The van der Waals surface area contributed by atoms with E-state index in [4.69, 9.17) is 4.74 Å². The van der Waals surface area contributed by atoms with Gasteiger partial charge in [-0.2, -0.15) is 0 Å². The first-order valence-electron chi connectivity index (χ1n) is 7.33. The number of rotatable bonds is 4. The van der Waals surface area contributed by atoms with Gasteiger partial charge in [-0.05, 0) is 24.6 Å². The molecule has 0 unspecified atom stereocenters. The van der Waals surface area contributed by atoms with Crippen molar-refractivity contribution < 1.29 is 4.74 Å². The predicted octanol–water partition coefficient (Wildman–Crippen LogP) is 1.63. The van der Waals surface area contributed by atoms with Crippen molar-refractivity contribution in [2.45, 2.75) is 6.42 Å². The SMILES string of the molecule is COc1ccc2c(ccn2C)c1CCN1CCNCC1. The van der Waals surface area contributed by atoms with Gasteiger partial charge < -0.3 is 19.5 Å². The van der Waals surface area contributed by atoms with Gasteiger partial charge in [-0.3, -0.25) is 0 Å². The van der Waals surface area contributed by atoms with E-state index in [1.54, 1.807) is 7.11 Å². The van der Waals surface area contributed by atoms with Crippen LogP contribution in [0, 0.1) is 0 Å². The molecule has 1 saturated heterocycles. The van der Waals surface area contributed by atoms with Crippen LogP contribution in [0.15, 0.2) is 24.4 Å². The predicted molar refractivity (Wildman–Crippen MR) is 82.5 cm³/mol.